The van der Waals surface area contributed by atoms with Gasteiger partial charge < -0.3 is 15.0 Å². The summed E-state index contributed by atoms with van der Waals surface area (Å²) < 4.78 is 5.48. The van der Waals surface area contributed by atoms with E-state index in [1.54, 1.807) is 0 Å². The average molecular weight is 274 g/mol. The lowest BCUT2D eigenvalue weighted by Crippen LogP contribution is -2.57. The van der Waals surface area contributed by atoms with Crippen LogP contribution in [0.15, 0.2) is 30.3 Å². The van der Waals surface area contributed by atoms with Crippen molar-refractivity contribution in [3.8, 4) is 0 Å². The molecule has 3 rings (SSSR count). The molecule has 2 saturated heterocycles. The largest absolute Gasteiger partial charge is 0.445 e. The highest BCUT2D eigenvalue weighted by Gasteiger charge is 2.36. The average Bonchev–Trinajstić information content (AvgIpc) is 2.45. The Morgan fingerprint density at radius 1 is 1.25 bits per heavy atom. The first-order chi connectivity index (χ1) is 9.84. The minimum Gasteiger partial charge on any atom is -0.445 e. The number of hydrogen-bond acceptors (Lipinski definition) is 3. The summed E-state index contributed by atoms with van der Waals surface area (Å²) in [5.41, 5.74) is 1.04. The van der Waals surface area contributed by atoms with Crippen LogP contribution in [0.25, 0.3) is 0 Å². The third-order valence-electron chi connectivity index (χ3n) is 4.35. The van der Waals surface area contributed by atoms with Crippen LogP contribution >= 0.6 is 0 Å². The highest BCUT2D eigenvalue weighted by Crippen LogP contribution is 2.26. The summed E-state index contributed by atoms with van der Waals surface area (Å²) in [5.74, 6) is 0.611. The summed E-state index contributed by atoms with van der Waals surface area (Å²) in [7, 11) is 0. The maximum Gasteiger partial charge on any atom is 0.410 e. The molecular weight excluding hydrogens is 252 g/mol. The summed E-state index contributed by atoms with van der Waals surface area (Å²) in [5, 5.41) is 3.30. The van der Waals surface area contributed by atoms with Gasteiger partial charge in [0, 0.05) is 31.6 Å². The molecule has 1 aromatic rings. The molecule has 0 saturated carbocycles. The minimum absolute atomic E-state index is 0.148. The molecular formula is C16H22N2O2. The van der Waals surface area contributed by atoms with Crippen molar-refractivity contribution < 1.29 is 9.53 Å². The Hall–Kier alpha value is -1.55. The van der Waals surface area contributed by atoms with Gasteiger partial charge in [-0.05, 0) is 24.8 Å². The lowest BCUT2D eigenvalue weighted by atomic mass is 9.87. The van der Waals surface area contributed by atoms with Gasteiger partial charge in [-0.25, -0.2) is 4.79 Å². The number of piperidine rings is 1. The van der Waals surface area contributed by atoms with Gasteiger partial charge in [0.05, 0.1) is 0 Å². The van der Waals surface area contributed by atoms with Crippen LogP contribution in [0.3, 0.4) is 0 Å². The SMILES string of the molecule is O=C(OCc1ccccc1)N1CCCCC1C1CNC1. The van der Waals surface area contributed by atoms with E-state index in [1.807, 2.05) is 35.2 Å². The van der Waals surface area contributed by atoms with Gasteiger partial charge >= 0.3 is 6.09 Å². The van der Waals surface area contributed by atoms with Gasteiger partial charge in [0.25, 0.3) is 0 Å². The normalized spacial score (nSPS) is 23.2. The van der Waals surface area contributed by atoms with Crippen LogP contribution in [0.5, 0.6) is 0 Å². The maximum absolute atomic E-state index is 12.3. The van der Waals surface area contributed by atoms with Crippen LogP contribution in [-0.4, -0.2) is 36.7 Å². The van der Waals surface area contributed by atoms with E-state index in [0.717, 1.165) is 38.0 Å². The Morgan fingerprint density at radius 2 is 2.05 bits per heavy atom. The zero-order chi connectivity index (χ0) is 13.8. The van der Waals surface area contributed by atoms with Crippen molar-refractivity contribution in [1.82, 2.24) is 10.2 Å². The number of rotatable bonds is 3. The molecule has 2 fully saturated rings. The Balaban J connectivity index is 1.57. The number of nitrogens with zero attached hydrogens (tertiary/aromatic N) is 1. The molecule has 0 spiro atoms. The zero-order valence-electron chi connectivity index (χ0n) is 11.8. The molecule has 0 aliphatic carbocycles. The van der Waals surface area contributed by atoms with Gasteiger partial charge in [0.1, 0.15) is 6.61 Å². The predicted octanol–water partition coefficient (Wildman–Crippen LogP) is 2.40. The first-order valence-corrected chi connectivity index (χ1v) is 7.52. The molecule has 0 radical (unpaired) electrons. The number of nitrogens with one attached hydrogen (secondary N) is 1. The molecule has 2 aliphatic heterocycles. The second-order valence-corrected chi connectivity index (χ2v) is 5.72. The molecule has 2 heterocycles. The number of carbonyl (C=O) groups is 1. The molecule has 1 amide bonds. The summed E-state index contributed by atoms with van der Waals surface area (Å²) in [6.07, 6.45) is 3.29. The number of likely N-dealkylation sites (tertiary alicyclic amines) is 1. The van der Waals surface area contributed by atoms with Gasteiger partial charge in [-0.15, -0.1) is 0 Å². The third kappa shape index (κ3) is 2.96. The fourth-order valence-electron chi connectivity index (χ4n) is 3.06. The van der Waals surface area contributed by atoms with Crippen LogP contribution in [0, 0.1) is 5.92 Å². The van der Waals surface area contributed by atoms with E-state index in [1.165, 1.54) is 6.42 Å². The molecule has 1 unspecified atom stereocenters. The predicted molar refractivity (Wildman–Crippen MR) is 77.3 cm³/mol. The second kappa shape index (κ2) is 6.27. The van der Waals surface area contributed by atoms with Crippen molar-refractivity contribution in [3.63, 3.8) is 0 Å². The fraction of sp³-hybridized carbons (Fsp3) is 0.562. The topological polar surface area (TPSA) is 41.6 Å². The fourth-order valence-corrected chi connectivity index (χ4v) is 3.06. The number of hydrogen-bond donors (Lipinski definition) is 1. The summed E-state index contributed by atoms with van der Waals surface area (Å²) in [6.45, 7) is 3.28. The monoisotopic (exact) mass is 274 g/mol. The molecule has 1 N–H and O–H groups in total. The molecule has 0 bridgehead atoms. The van der Waals surface area contributed by atoms with Crippen molar-refractivity contribution in [1.29, 1.82) is 0 Å². The molecule has 1 atom stereocenters. The van der Waals surface area contributed by atoms with E-state index < -0.39 is 0 Å². The second-order valence-electron chi connectivity index (χ2n) is 5.72. The Kier molecular flexibility index (Phi) is 4.21. The lowest BCUT2D eigenvalue weighted by molar-refractivity contribution is 0.0416. The van der Waals surface area contributed by atoms with Crippen molar-refractivity contribution in [2.75, 3.05) is 19.6 Å². The highest BCUT2D eigenvalue weighted by molar-refractivity contribution is 5.68. The first kappa shape index (κ1) is 13.4. The molecule has 0 aromatic heterocycles. The van der Waals surface area contributed by atoms with Crippen LogP contribution in [0.4, 0.5) is 4.79 Å². The van der Waals surface area contributed by atoms with Crippen molar-refractivity contribution in [3.05, 3.63) is 35.9 Å². The van der Waals surface area contributed by atoms with Gasteiger partial charge in [0.2, 0.25) is 0 Å². The molecule has 20 heavy (non-hydrogen) atoms. The third-order valence-corrected chi connectivity index (χ3v) is 4.35. The van der Waals surface area contributed by atoms with Crippen LogP contribution in [0.2, 0.25) is 0 Å². The first-order valence-electron chi connectivity index (χ1n) is 7.52. The Labute approximate surface area is 120 Å². The van der Waals surface area contributed by atoms with Gasteiger partial charge in [0.15, 0.2) is 0 Å². The maximum atomic E-state index is 12.3. The van der Waals surface area contributed by atoms with Crippen LogP contribution < -0.4 is 5.32 Å². The summed E-state index contributed by atoms with van der Waals surface area (Å²) in [4.78, 5) is 14.3. The van der Waals surface area contributed by atoms with Crippen LogP contribution in [0.1, 0.15) is 24.8 Å². The van der Waals surface area contributed by atoms with E-state index >= 15 is 0 Å². The van der Waals surface area contributed by atoms with Crippen molar-refractivity contribution >= 4 is 6.09 Å². The van der Waals surface area contributed by atoms with Gasteiger partial charge in [-0.3, -0.25) is 0 Å². The minimum atomic E-state index is -0.148. The number of benzene rings is 1. The molecule has 2 aliphatic rings. The lowest BCUT2D eigenvalue weighted by Gasteiger charge is -2.43. The van der Waals surface area contributed by atoms with Crippen molar-refractivity contribution in [2.24, 2.45) is 5.92 Å². The molecule has 1 aromatic carbocycles. The van der Waals surface area contributed by atoms with Crippen LogP contribution in [-0.2, 0) is 11.3 Å². The van der Waals surface area contributed by atoms with E-state index in [0.29, 0.717) is 18.6 Å². The van der Waals surface area contributed by atoms with E-state index in [9.17, 15) is 4.79 Å². The number of ether oxygens (including phenoxy) is 1. The van der Waals surface area contributed by atoms with E-state index in [2.05, 4.69) is 5.32 Å². The summed E-state index contributed by atoms with van der Waals surface area (Å²) >= 11 is 0. The zero-order valence-corrected chi connectivity index (χ0v) is 11.8. The van der Waals surface area contributed by atoms with Gasteiger partial charge in [-0.1, -0.05) is 30.3 Å². The molecule has 4 heteroatoms. The number of amides is 1. The van der Waals surface area contributed by atoms with Gasteiger partial charge in [-0.2, -0.15) is 0 Å². The standard InChI is InChI=1S/C16H22N2O2/c19-16(20-12-13-6-2-1-3-7-13)18-9-5-4-8-15(18)14-10-17-11-14/h1-3,6-7,14-15,17H,4-5,8-12H2. The van der Waals surface area contributed by atoms with E-state index in [-0.39, 0.29) is 6.09 Å². The van der Waals surface area contributed by atoms with E-state index in [4.69, 9.17) is 4.74 Å². The Morgan fingerprint density at radius 3 is 2.75 bits per heavy atom. The highest BCUT2D eigenvalue weighted by atomic mass is 16.6. The summed E-state index contributed by atoms with van der Waals surface area (Å²) in [6, 6.07) is 10.2. The molecule has 4 nitrogen and oxygen atoms in total. The smallest absolute Gasteiger partial charge is 0.410 e. The Bertz CT molecular complexity index is 445. The quantitative estimate of drug-likeness (QED) is 0.920. The number of carbonyl (C=O) groups excluding carboxylic acids is 1. The molecule has 108 valence electrons. The van der Waals surface area contributed by atoms with Crippen molar-refractivity contribution in [2.45, 2.75) is 31.9 Å².